The Balaban J connectivity index is 2.12. The zero-order valence-electron chi connectivity index (χ0n) is 7.96. The maximum atomic E-state index is 10.8. The van der Waals surface area contributed by atoms with Crippen molar-refractivity contribution in [1.29, 1.82) is 0 Å². The van der Waals surface area contributed by atoms with Crippen LogP contribution in [0.4, 0.5) is 0 Å². The van der Waals surface area contributed by atoms with Gasteiger partial charge >= 0.3 is 0 Å². The summed E-state index contributed by atoms with van der Waals surface area (Å²) < 4.78 is 0. The fraction of sp³-hybridized carbons (Fsp3) is 0.0833. The predicted molar refractivity (Wildman–Crippen MR) is 57.8 cm³/mol. The van der Waals surface area contributed by atoms with Gasteiger partial charge in [0.05, 0.1) is 11.8 Å². The lowest BCUT2D eigenvalue weighted by atomic mass is 10.1. The molecule has 0 N–H and O–H groups in total. The normalized spacial score (nSPS) is 20.1. The number of hydrogen-bond donors (Lipinski definition) is 0. The van der Waals surface area contributed by atoms with Gasteiger partial charge in [-0.2, -0.15) is 0 Å². The highest BCUT2D eigenvalue weighted by molar-refractivity contribution is 6.16. The van der Waals surface area contributed by atoms with Gasteiger partial charge in [-0.25, -0.2) is 0 Å². The van der Waals surface area contributed by atoms with E-state index in [1.54, 1.807) is 24.3 Å². The van der Waals surface area contributed by atoms with Crippen LogP contribution in [0.25, 0.3) is 0 Å². The van der Waals surface area contributed by atoms with Gasteiger partial charge in [-0.3, -0.25) is 14.6 Å². The van der Waals surface area contributed by atoms with E-state index in [4.69, 9.17) is 0 Å². The quantitative estimate of drug-likeness (QED) is 0.595. The van der Waals surface area contributed by atoms with Crippen molar-refractivity contribution in [3.05, 3.63) is 48.6 Å². The molecule has 3 nitrogen and oxygen atoms in total. The lowest BCUT2D eigenvalue weighted by molar-refractivity contribution is -0.111. The van der Waals surface area contributed by atoms with Gasteiger partial charge in [0, 0.05) is 0 Å². The van der Waals surface area contributed by atoms with E-state index in [9.17, 15) is 9.59 Å². The van der Waals surface area contributed by atoms with Crippen LogP contribution in [0.15, 0.2) is 53.6 Å². The topological polar surface area (TPSA) is 46.5 Å². The van der Waals surface area contributed by atoms with Crippen LogP contribution in [0.1, 0.15) is 0 Å². The molecule has 0 aliphatic heterocycles. The molecular formula is C12H9NO2. The molecule has 0 atom stereocenters. The number of ketones is 2. The van der Waals surface area contributed by atoms with Crippen LogP contribution < -0.4 is 0 Å². The van der Waals surface area contributed by atoms with Crippen LogP contribution in [-0.2, 0) is 9.59 Å². The fourth-order valence-electron chi connectivity index (χ4n) is 1.30. The van der Waals surface area contributed by atoms with Gasteiger partial charge < -0.3 is 0 Å². The second-order valence-corrected chi connectivity index (χ2v) is 3.23. The molecule has 0 radical (unpaired) electrons. The van der Waals surface area contributed by atoms with E-state index < -0.39 is 0 Å². The first-order chi connectivity index (χ1) is 7.24. The molecule has 0 fully saturated rings. The summed E-state index contributed by atoms with van der Waals surface area (Å²) >= 11 is 0. The molecule has 0 saturated heterocycles. The van der Waals surface area contributed by atoms with Crippen molar-refractivity contribution >= 4 is 17.3 Å². The van der Waals surface area contributed by atoms with Gasteiger partial charge in [0.25, 0.3) is 0 Å². The molecule has 0 aromatic rings. The smallest absolute Gasteiger partial charge is 0.178 e. The molecule has 0 bridgehead atoms. The molecule has 0 aromatic carbocycles. The molecule has 0 amide bonds. The second-order valence-electron chi connectivity index (χ2n) is 3.23. The number of hydrogen-bond acceptors (Lipinski definition) is 3. The minimum Gasteiger partial charge on any atom is -0.290 e. The summed E-state index contributed by atoms with van der Waals surface area (Å²) in [6.45, 7) is 0. The van der Waals surface area contributed by atoms with E-state index >= 15 is 0 Å². The predicted octanol–water partition coefficient (Wildman–Crippen LogP) is 1.19. The molecule has 2 aliphatic rings. The third-order valence-corrected chi connectivity index (χ3v) is 2.05. The van der Waals surface area contributed by atoms with Crippen LogP contribution >= 0.6 is 0 Å². The SMILES string of the molecule is O=C1C=CC(=NC2C=CC(=O)C=C2)C=C1. The highest BCUT2D eigenvalue weighted by atomic mass is 16.1. The van der Waals surface area contributed by atoms with Crippen molar-refractivity contribution in [3.8, 4) is 0 Å². The first kappa shape index (κ1) is 9.52. The summed E-state index contributed by atoms with van der Waals surface area (Å²) in [6, 6.07) is -0.111. The zero-order valence-corrected chi connectivity index (χ0v) is 7.96. The lowest BCUT2D eigenvalue weighted by Crippen LogP contribution is -2.07. The fourth-order valence-corrected chi connectivity index (χ4v) is 1.30. The summed E-state index contributed by atoms with van der Waals surface area (Å²) in [5, 5.41) is 0. The Hall–Kier alpha value is -2.03. The average molecular weight is 199 g/mol. The summed E-state index contributed by atoms with van der Waals surface area (Å²) in [6.07, 6.45) is 12.7. The number of allylic oxidation sites excluding steroid dienone is 6. The van der Waals surface area contributed by atoms with Gasteiger partial charge in [0.15, 0.2) is 11.6 Å². The molecule has 3 heteroatoms. The van der Waals surface area contributed by atoms with Crippen molar-refractivity contribution in [3.63, 3.8) is 0 Å². The molecular weight excluding hydrogens is 190 g/mol. The Morgan fingerprint density at radius 3 is 1.93 bits per heavy atom. The molecule has 0 heterocycles. The van der Waals surface area contributed by atoms with E-state index in [0.717, 1.165) is 5.71 Å². The van der Waals surface area contributed by atoms with Gasteiger partial charge in [-0.1, -0.05) is 12.2 Å². The number of rotatable bonds is 1. The van der Waals surface area contributed by atoms with E-state index in [0.29, 0.717) is 0 Å². The number of aliphatic imine (C=N–C) groups is 1. The maximum Gasteiger partial charge on any atom is 0.178 e. The molecule has 2 aliphatic carbocycles. The monoisotopic (exact) mass is 199 g/mol. The number of nitrogens with zero attached hydrogens (tertiary/aromatic N) is 1. The molecule has 74 valence electrons. The Labute approximate surface area is 87.2 Å². The Morgan fingerprint density at radius 1 is 0.800 bits per heavy atom. The van der Waals surface area contributed by atoms with Crippen LogP contribution in [0, 0.1) is 0 Å². The summed E-state index contributed by atoms with van der Waals surface area (Å²) in [4.78, 5) is 26.0. The van der Waals surface area contributed by atoms with Crippen molar-refractivity contribution in [2.75, 3.05) is 0 Å². The largest absolute Gasteiger partial charge is 0.290 e. The highest BCUT2D eigenvalue weighted by Gasteiger charge is 2.06. The van der Waals surface area contributed by atoms with Gasteiger partial charge in [0.1, 0.15) is 0 Å². The van der Waals surface area contributed by atoms with E-state index in [-0.39, 0.29) is 17.6 Å². The number of carbonyl (C=O) groups is 2. The first-order valence-corrected chi connectivity index (χ1v) is 4.62. The molecule has 15 heavy (non-hydrogen) atoms. The molecule has 2 rings (SSSR count). The molecule has 0 unspecified atom stereocenters. The van der Waals surface area contributed by atoms with Gasteiger partial charge in [-0.05, 0) is 36.5 Å². The Kier molecular flexibility index (Phi) is 2.54. The highest BCUT2D eigenvalue weighted by Crippen LogP contribution is 2.06. The van der Waals surface area contributed by atoms with Crippen LogP contribution in [0.2, 0.25) is 0 Å². The first-order valence-electron chi connectivity index (χ1n) is 4.62. The van der Waals surface area contributed by atoms with Crippen molar-refractivity contribution in [2.45, 2.75) is 6.04 Å². The van der Waals surface area contributed by atoms with Crippen molar-refractivity contribution in [2.24, 2.45) is 4.99 Å². The maximum absolute atomic E-state index is 10.8. The van der Waals surface area contributed by atoms with Crippen LogP contribution in [-0.4, -0.2) is 23.3 Å². The van der Waals surface area contributed by atoms with E-state index in [2.05, 4.69) is 4.99 Å². The average Bonchev–Trinajstić information content (AvgIpc) is 2.25. The van der Waals surface area contributed by atoms with Crippen molar-refractivity contribution in [1.82, 2.24) is 0 Å². The third kappa shape index (κ3) is 2.47. The minimum atomic E-state index is -0.111. The number of carbonyl (C=O) groups excluding carboxylic acids is 2. The molecule has 0 saturated carbocycles. The Bertz CT molecular complexity index is 416. The standard InChI is InChI=1S/C12H9NO2/c14-11-5-1-9(2-6-11)13-10-3-7-12(15)8-4-10/h1-9H. The summed E-state index contributed by atoms with van der Waals surface area (Å²) in [5.74, 6) is -0.0461. The molecule has 0 spiro atoms. The summed E-state index contributed by atoms with van der Waals surface area (Å²) in [5.41, 5.74) is 0.739. The van der Waals surface area contributed by atoms with E-state index in [1.165, 1.54) is 24.3 Å². The minimum absolute atomic E-state index is 0.0173. The van der Waals surface area contributed by atoms with Gasteiger partial charge in [-0.15, -0.1) is 0 Å². The van der Waals surface area contributed by atoms with E-state index in [1.807, 2.05) is 0 Å². The second kappa shape index (κ2) is 4.00. The third-order valence-electron chi connectivity index (χ3n) is 2.05. The van der Waals surface area contributed by atoms with Crippen LogP contribution in [0.3, 0.4) is 0 Å². The lowest BCUT2D eigenvalue weighted by Gasteiger charge is -2.06. The van der Waals surface area contributed by atoms with Crippen LogP contribution in [0.5, 0.6) is 0 Å². The van der Waals surface area contributed by atoms with Gasteiger partial charge in [0.2, 0.25) is 0 Å². The summed E-state index contributed by atoms with van der Waals surface area (Å²) in [7, 11) is 0. The van der Waals surface area contributed by atoms with Crippen molar-refractivity contribution < 1.29 is 9.59 Å². The Morgan fingerprint density at radius 2 is 1.33 bits per heavy atom. The molecule has 0 aromatic heterocycles. The zero-order chi connectivity index (χ0) is 10.7.